The molecular weight excluding hydrogens is 266 g/mol. The number of hydrogen-bond donors (Lipinski definition) is 1. The number of benzene rings is 1. The lowest BCUT2D eigenvalue weighted by Crippen LogP contribution is -2.50. The predicted octanol–water partition coefficient (Wildman–Crippen LogP) is 2.21. The van der Waals surface area contributed by atoms with Crippen LogP contribution in [0.15, 0.2) is 30.3 Å². The maximum absolute atomic E-state index is 11.8. The summed E-state index contributed by atoms with van der Waals surface area (Å²) in [6.07, 6.45) is 1.22. The third-order valence-electron chi connectivity index (χ3n) is 4.42. The Morgan fingerprint density at radius 2 is 1.95 bits per heavy atom. The summed E-state index contributed by atoms with van der Waals surface area (Å²) in [4.78, 5) is 14.1. The number of hydrogen-bond acceptors (Lipinski definition) is 4. The second kappa shape index (κ2) is 7.05. The molecule has 0 aromatic heterocycles. The van der Waals surface area contributed by atoms with Crippen molar-refractivity contribution in [3.05, 3.63) is 35.9 Å². The minimum atomic E-state index is -0.931. The van der Waals surface area contributed by atoms with Gasteiger partial charge in [0.15, 0.2) is 0 Å². The summed E-state index contributed by atoms with van der Waals surface area (Å²) in [7, 11) is 0. The Labute approximate surface area is 126 Å². The standard InChI is InChI=1S/C17H25NO3/c1-3-21-16(19)14(2)17(20)9-11-18(12-10-17)13-15-7-5-4-6-8-15/h4-8,14,20H,3,9-13H2,1-2H3. The number of carbonyl (C=O) groups is 1. The minimum absolute atomic E-state index is 0.295. The number of ether oxygens (including phenoxy) is 1. The molecule has 0 bridgehead atoms. The van der Waals surface area contributed by atoms with Crippen molar-refractivity contribution in [3.8, 4) is 0 Å². The Balaban J connectivity index is 1.88. The highest BCUT2D eigenvalue weighted by atomic mass is 16.5. The van der Waals surface area contributed by atoms with E-state index in [1.54, 1.807) is 13.8 Å². The van der Waals surface area contributed by atoms with Gasteiger partial charge in [0, 0.05) is 19.6 Å². The van der Waals surface area contributed by atoms with Crippen molar-refractivity contribution < 1.29 is 14.6 Å². The number of rotatable bonds is 5. The largest absolute Gasteiger partial charge is 0.466 e. The number of piperidine rings is 1. The Morgan fingerprint density at radius 3 is 2.52 bits per heavy atom. The van der Waals surface area contributed by atoms with E-state index >= 15 is 0 Å². The molecule has 1 aliphatic rings. The van der Waals surface area contributed by atoms with Crippen molar-refractivity contribution in [3.63, 3.8) is 0 Å². The van der Waals surface area contributed by atoms with Crippen LogP contribution in [-0.2, 0) is 16.1 Å². The van der Waals surface area contributed by atoms with Gasteiger partial charge in [-0.1, -0.05) is 30.3 Å². The maximum Gasteiger partial charge on any atom is 0.311 e. The third-order valence-corrected chi connectivity index (χ3v) is 4.42. The fourth-order valence-electron chi connectivity index (χ4n) is 2.86. The van der Waals surface area contributed by atoms with Gasteiger partial charge >= 0.3 is 5.97 Å². The van der Waals surface area contributed by atoms with Gasteiger partial charge < -0.3 is 9.84 Å². The van der Waals surface area contributed by atoms with E-state index in [1.165, 1.54) is 5.56 Å². The SMILES string of the molecule is CCOC(=O)C(C)C1(O)CCN(Cc2ccccc2)CC1. The molecule has 1 atom stereocenters. The molecule has 1 unspecified atom stereocenters. The molecule has 0 aliphatic carbocycles. The molecule has 2 rings (SSSR count). The van der Waals surface area contributed by atoms with Gasteiger partial charge in [-0.25, -0.2) is 0 Å². The molecule has 1 N–H and O–H groups in total. The van der Waals surface area contributed by atoms with Crippen LogP contribution < -0.4 is 0 Å². The van der Waals surface area contributed by atoms with Gasteiger partial charge in [0.1, 0.15) is 0 Å². The monoisotopic (exact) mass is 291 g/mol. The van der Waals surface area contributed by atoms with E-state index in [1.807, 2.05) is 18.2 Å². The van der Waals surface area contributed by atoms with Crippen LogP contribution in [0.5, 0.6) is 0 Å². The first-order valence-corrected chi connectivity index (χ1v) is 7.70. The molecule has 0 spiro atoms. The maximum atomic E-state index is 11.8. The van der Waals surface area contributed by atoms with Gasteiger partial charge in [0.25, 0.3) is 0 Å². The average Bonchev–Trinajstić information content (AvgIpc) is 2.50. The number of nitrogens with zero attached hydrogens (tertiary/aromatic N) is 1. The molecule has 1 fully saturated rings. The fourth-order valence-corrected chi connectivity index (χ4v) is 2.86. The van der Waals surface area contributed by atoms with Crippen LogP contribution in [0.2, 0.25) is 0 Å². The Kier molecular flexibility index (Phi) is 5.37. The molecule has 0 radical (unpaired) electrons. The van der Waals surface area contributed by atoms with Gasteiger partial charge in [0.05, 0.1) is 18.1 Å². The van der Waals surface area contributed by atoms with Crippen LogP contribution in [0.1, 0.15) is 32.3 Å². The minimum Gasteiger partial charge on any atom is -0.466 e. The molecule has 1 saturated heterocycles. The first kappa shape index (κ1) is 16.0. The smallest absolute Gasteiger partial charge is 0.311 e. The van der Waals surface area contributed by atoms with Crippen LogP contribution in [-0.4, -0.2) is 41.3 Å². The van der Waals surface area contributed by atoms with Crippen LogP contribution in [0.4, 0.5) is 0 Å². The van der Waals surface area contributed by atoms with Crippen LogP contribution >= 0.6 is 0 Å². The van der Waals surface area contributed by atoms with Crippen molar-refractivity contribution in [2.45, 2.75) is 38.8 Å². The molecule has 1 heterocycles. The van der Waals surface area contributed by atoms with E-state index in [2.05, 4.69) is 17.0 Å². The van der Waals surface area contributed by atoms with Crippen molar-refractivity contribution in [2.75, 3.05) is 19.7 Å². The molecular formula is C17H25NO3. The van der Waals surface area contributed by atoms with E-state index in [4.69, 9.17) is 4.74 Å². The summed E-state index contributed by atoms with van der Waals surface area (Å²) in [5.74, 6) is -0.757. The van der Waals surface area contributed by atoms with E-state index in [0.29, 0.717) is 19.4 Å². The molecule has 1 aromatic carbocycles. The lowest BCUT2D eigenvalue weighted by Gasteiger charge is -2.40. The summed E-state index contributed by atoms with van der Waals surface area (Å²) in [6, 6.07) is 10.3. The summed E-state index contributed by atoms with van der Waals surface area (Å²) in [6.45, 7) is 6.41. The summed E-state index contributed by atoms with van der Waals surface area (Å²) < 4.78 is 5.03. The lowest BCUT2D eigenvalue weighted by molar-refractivity contribution is -0.160. The second-order valence-electron chi connectivity index (χ2n) is 5.84. The van der Waals surface area contributed by atoms with Crippen LogP contribution in [0, 0.1) is 5.92 Å². The molecule has 116 valence electrons. The molecule has 4 nitrogen and oxygen atoms in total. The highest BCUT2D eigenvalue weighted by Crippen LogP contribution is 2.31. The Morgan fingerprint density at radius 1 is 1.33 bits per heavy atom. The summed E-state index contributed by atoms with van der Waals surface area (Å²) >= 11 is 0. The lowest BCUT2D eigenvalue weighted by atomic mass is 9.80. The summed E-state index contributed by atoms with van der Waals surface area (Å²) in [5, 5.41) is 10.7. The molecule has 21 heavy (non-hydrogen) atoms. The van der Waals surface area contributed by atoms with Crippen LogP contribution in [0.25, 0.3) is 0 Å². The first-order valence-electron chi connectivity index (χ1n) is 7.70. The fraction of sp³-hybridized carbons (Fsp3) is 0.588. The van der Waals surface area contributed by atoms with Gasteiger partial charge in [-0.2, -0.15) is 0 Å². The number of aliphatic hydroxyl groups is 1. The van der Waals surface area contributed by atoms with Crippen LogP contribution in [0.3, 0.4) is 0 Å². The van der Waals surface area contributed by atoms with Crippen molar-refractivity contribution in [2.24, 2.45) is 5.92 Å². The van der Waals surface area contributed by atoms with Crippen molar-refractivity contribution in [1.82, 2.24) is 4.90 Å². The quantitative estimate of drug-likeness (QED) is 0.845. The zero-order valence-electron chi connectivity index (χ0n) is 12.9. The van der Waals surface area contributed by atoms with E-state index < -0.39 is 11.5 Å². The number of esters is 1. The topological polar surface area (TPSA) is 49.8 Å². The van der Waals surface area contributed by atoms with E-state index in [-0.39, 0.29) is 5.97 Å². The Hall–Kier alpha value is -1.39. The molecule has 1 aliphatic heterocycles. The molecule has 0 amide bonds. The molecule has 0 saturated carbocycles. The number of likely N-dealkylation sites (tertiary alicyclic amines) is 1. The second-order valence-corrected chi connectivity index (χ2v) is 5.84. The highest BCUT2D eigenvalue weighted by Gasteiger charge is 2.41. The van der Waals surface area contributed by atoms with E-state index in [0.717, 1.165) is 19.6 Å². The summed E-state index contributed by atoms with van der Waals surface area (Å²) in [5.41, 5.74) is 0.348. The molecule has 1 aromatic rings. The highest BCUT2D eigenvalue weighted by molar-refractivity contribution is 5.73. The van der Waals surface area contributed by atoms with Gasteiger partial charge in [-0.05, 0) is 32.3 Å². The molecule has 4 heteroatoms. The first-order chi connectivity index (χ1) is 10.0. The number of carbonyl (C=O) groups excluding carboxylic acids is 1. The predicted molar refractivity (Wildman–Crippen MR) is 81.7 cm³/mol. The third kappa shape index (κ3) is 4.05. The van der Waals surface area contributed by atoms with Gasteiger partial charge in [-0.3, -0.25) is 9.69 Å². The normalized spacial score (nSPS) is 20.0. The zero-order valence-corrected chi connectivity index (χ0v) is 12.9. The Bertz CT molecular complexity index is 452. The van der Waals surface area contributed by atoms with Gasteiger partial charge in [0.2, 0.25) is 0 Å². The van der Waals surface area contributed by atoms with Crippen molar-refractivity contribution in [1.29, 1.82) is 0 Å². The van der Waals surface area contributed by atoms with Gasteiger partial charge in [-0.15, -0.1) is 0 Å². The average molecular weight is 291 g/mol. The van der Waals surface area contributed by atoms with Crippen molar-refractivity contribution >= 4 is 5.97 Å². The zero-order chi connectivity index (χ0) is 15.3. The van der Waals surface area contributed by atoms with E-state index in [9.17, 15) is 9.90 Å².